The van der Waals surface area contributed by atoms with Crippen LogP contribution in [-0.2, 0) is 0 Å². The highest BCUT2D eigenvalue weighted by atomic mass is 32.1. The van der Waals surface area contributed by atoms with Crippen molar-refractivity contribution in [2.45, 2.75) is 0 Å². The van der Waals surface area contributed by atoms with Crippen molar-refractivity contribution in [2.75, 3.05) is 0 Å². The number of rotatable bonds is 5. The van der Waals surface area contributed by atoms with Crippen molar-refractivity contribution in [3.63, 3.8) is 0 Å². The molecule has 4 heterocycles. The summed E-state index contributed by atoms with van der Waals surface area (Å²) in [6.45, 7) is 0. The second-order valence-corrected chi connectivity index (χ2v) is 16.5. The lowest BCUT2D eigenvalue weighted by Crippen LogP contribution is -1.99. The summed E-state index contributed by atoms with van der Waals surface area (Å²) in [5.74, 6) is 1.97. The summed E-state index contributed by atoms with van der Waals surface area (Å²) in [6, 6.07) is 62.0. The van der Waals surface area contributed by atoms with Crippen LogP contribution in [0.2, 0.25) is 0 Å². The number of para-hydroxylation sites is 1. The molecule has 0 amide bonds. The number of hydrogen-bond acceptors (Lipinski definition) is 6. The third kappa shape index (κ3) is 5.22. The molecule has 0 unspecified atom stereocenters. The molecule has 0 aliphatic heterocycles. The van der Waals surface area contributed by atoms with Crippen LogP contribution in [0.1, 0.15) is 0 Å². The van der Waals surface area contributed by atoms with Gasteiger partial charge < -0.3 is 4.42 Å². The van der Waals surface area contributed by atoms with E-state index in [1.165, 1.54) is 45.9 Å². The lowest BCUT2D eigenvalue weighted by Gasteiger charge is -2.10. The van der Waals surface area contributed by atoms with Gasteiger partial charge in [0.15, 0.2) is 17.5 Å². The molecule has 0 aliphatic carbocycles. The van der Waals surface area contributed by atoms with E-state index in [-0.39, 0.29) is 0 Å². The van der Waals surface area contributed by atoms with Gasteiger partial charge in [-0.15, -0.1) is 22.7 Å². The Morgan fingerprint density at radius 2 is 0.947 bits per heavy atom. The van der Waals surface area contributed by atoms with Crippen LogP contribution >= 0.6 is 22.7 Å². The van der Waals surface area contributed by atoms with E-state index in [2.05, 4.69) is 115 Å². The molecule has 8 aromatic carbocycles. The Labute approximate surface area is 335 Å². The van der Waals surface area contributed by atoms with Crippen molar-refractivity contribution in [2.24, 2.45) is 0 Å². The van der Waals surface area contributed by atoms with E-state index in [0.29, 0.717) is 17.5 Å². The third-order valence-corrected chi connectivity index (χ3v) is 13.2. The second kappa shape index (κ2) is 12.8. The molecule has 0 spiro atoms. The summed E-state index contributed by atoms with van der Waals surface area (Å²) in [6.07, 6.45) is 0. The monoisotopic (exact) mass is 763 g/mol. The summed E-state index contributed by atoms with van der Waals surface area (Å²) in [7, 11) is 0. The summed E-state index contributed by atoms with van der Waals surface area (Å²) < 4.78 is 11.8. The fraction of sp³-hybridized carbons (Fsp3) is 0. The van der Waals surface area contributed by atoms with Crippen LogP contribution in [0, 0.1) is 0 Å². The molecule has 0 saturated heterocycles. The average molecular weight is 764 g/mol. The fourth-order valence-electron chi connectivity index (χ4n) is 8.30. The zero-order chi connectivity index (χ0) is 37.5. The number of nitrogens with zero attached hydrogens (tertiary/aromatic N) is 3. The Hall–Kier alpha value is -6.99. The summed E-state index contributed by atoms with van der Waals surface area (Å²) >= 11 is 3.64. The first-order valence-corrected chi connectivity index (χ1v) is 20.6. The molecule has 0 N–H and O–H groups in total. The van der Waals surface area contributed by atoms with Gasteiger partial charge in [0.2, 0.25) is 0 Å². The highest BCUT2D eigenvalue weighted by Gasteiger charge is 2.21. The maximum atomic E-state index is 6.80. The topological polar surface area (TPSA) is 51.8 Å². The smallest absolute Gasteiger partial charge is 0.164 e. The Kier molecular flexibility index (Phi) is 7.24. The van der Waals surface area contributed by atoms with Crippen LogP contribution in [-0.4, -0.2) is 15.0 Å². The van der Waals surface area contributed by atoms with Gasteiger partial charge in [0.05, 0.1) is 0 Å². The lowest BCUT2D eigenvalue weighted by atomic mass is 9.92. The van der Waals surface area contributed by atoms with Gasteiger partial charge in [-0.1, -0.05) is 133 Å². The lowest BCUT2D eigenvalue weighted by molar-refractivity contribution is 0.670. The number of furan rings is 1. The van der Waals surface area contributed by atoms with E-state index in [4.69, 9.17) is 19.4 Å². The molecule has 12 rings (SSSR count). The first-order chi connectivity index (χ1) is 28.2. The highest BCUT2D eigenvalue weighted by Crippen LogP contribution is 2.47. The molecular formula is C51H29N3OS2. The molecule has 4 aromatic heterocycles. The zero-order valence-electron chi connectivity index (χ0n) is 30.3. The predicted octanol–water partition coefficient (Wildman–Crippen LogP) is 14.8. The molecule has 6 heteroatoms. The Morgan fingerprint density at radius 3 is 1.74 bits per heavy atom. The van der Waals surface area contributed by atoms with Gasteiger partial charge >= 0.3 is 0 Å². The first-order valence-electron chi connectivity index (χ1n) is 18.9. The van der Waals surface area contributed by atoms with E-state index >= 15 is 0 Å². The minimum absolute atomic E-state index is 0.656. The van der Waals surface area contributed by atoms with Crippen LogP contribution in [0.25, 0.3) is 119 Å². The summed E-state index contributed by atoms with van der Waals surface area (Å²) in [4.78, 5) is 14.9. The number of benzene rings is 8. The van der Waals surface area contributed by atoms with E-state index in [0.717, 1.165) is 55.3 Å². The molecular weight excluding hydrogens is 735 g/mol. The molecule has 0 bridgehead atoms. The molecule has 0 atom stereocenters. The number of fused-ring (bicyclic) bond motifs is 9. The van der Waals surface area contributed by atoms with Crippen molar-refractivity contribution in [1.82, 2.24) is 15.0 Å². The summed E-state index contributed by atoms with van der Waals surface area (Å²) in [5.41, 5.74) is 9.30. The molecule has 266 valence electrons. The minimum atomic E-state index is 0.656. The van der Waals surface area contributed by atoms with Gasteiger partial charge in [0.1, 0.15) is 11.2 Å². The van der Waals surface area contributed by atoms with E-state index < -0.39 is 0 Å². The third-order valence-electron chi connectivity index (χ3n) is 11.0. The highest BCUT2D eigenvalue weighted by molar-refractivity contribution is 7.26. The second-order valence-electron chi connectivity index (χ2n) is 14.3. The fourth-order valence-corrected chi connectivity index (χ4v) is 10.6. The van der Waals surface area contributed by atoms with Crippen molar-refractivity contribution < 1.29 is 4.42 Å². The van der Waals surface area contributed by atoms with Gasteiger partial charge in [-0.2, -0.15) is 0 Å². The van der Waals surface area contributed by atoms with Gasteiger partial charge in [-0.05, 0) is 59.2 Å². The van der Waals surface area contributed by atoms with Crippen LogP contribution in [0.5, 0.6) is 0 Å². The molecule has 0 radical (unpaired) electrons. The largest absolute Gasteiger partial charge is 0.455 e. The standard InChI is InChI=1S/C51H29N3OS2/c1-3-12-30(13-4-1)49-52-50(31-14-5-2-6-15-31)54-51(53-49)33-22-24-35-40-28-32(23-27-43(40)57-45(35)29-33)34-25-26-37(48-47(34)38-16-7-9-19-41(38)55-48)36-18-11-21-44-46(36)39-17-8-10-20-42(39)56-44/h1-29H. The quantitative estimate of drug-likeness (QED) is 0.175. The van der Waals surface area contributed by atoms with E-state index in [9.17, 15) is 0 Å². The molecule has 12 aromatic rings. The SMILES string of the molecule is c1ccc(-c2nc(-c3ccccc3)nc(-c3ccc4c(c3)sc3ccc(-c5ccc(-c6cccc7sc8ccccc8c67)c6oc7ccccc7c56)cc34)n2)cc1. The normalized spacial score (nSPS) is 11.9. The molecule has 4 nitrogen and oxygen atoms in total. The predicted molar refractivity (Wildman–Crippen MR) is 240 cm³/mol. The maximum Gasteiger partial charge on any atom is 0.164 e. The van der Waals surface area contributed by atoms with Gasteiger partial charge in [0, 0.05) is 73.4 Å². The van der Waals surface area contributed by atoms with Crippen molar-refractivity contribution in [1.29, 1.82) is 0 Å². The van der Waals surface area contributed by atoms with Gasteiger partial charge in [-0.25, -0.2) is 15.0 Å². The Bertz CT molecular complexity index is 3470. The van der Waals surface area contributed by atoms with Crippen molar-refractivity contribution in [3.8, 4) is 56.4 Å². The van der Waals surface area contributed by atoms with E-state index in [1.807, 2.05) is 72.0 Å². The maximum absolute atomic E-state index is 6.80. The van der Waals surface area contributed by atoms with Gasteiger partial charge in [-0.3, -0.25) is 0 Å². The number of thiophene rings is 2. The zero-order valence-corrected chi connectivity index (χ0v) is 31.9. The van der Waals surface area contributed by atoms with Crippen LogP contribution in [0.15, 0.2) is 180 Å². The molecule has 0 saturated carbocycles. The molecule has 0 aliphatic rings. The van der Waals surface area contributed by atoms with Gasteiger partial charge in [0.25, 0.3) is 0 Å². The van der Waals surface area contributed by atoms with Crippen molar-refractivity contribution >= 4 is 85.0 Å². The van der Waals surface area contributed by atoms with Crippen LogP contribution < -0.4 is 0 Å². The Morgan fingerprint density at radius 1 is 0.333 bits per heavy atom. The van der Waals surface area contributed by atoms with Crippen LogP contribution in [0.4, 0.5) is 0 Å². The van der Waals surface area contributed by atoms with E-state index in [1.54, 1.807) is 11.3 Å². The minimum Gasteiger partial charge on any atom is -0.455 e. The first kappa shape index (κ1) is 32.3. The average Bonchev–Trinajstić information content (AvgIpc) is 3.98. The Balaban J connectivity index is 1.01. The summed E-state index contributed by atoms with van der Waals surface area (Å²) in [5, 5.41) is 7.25. The molecule has 0 fully saturated rings. The number of hydrogen-bond donors (Lipinski definition) is 0. The number of aromatic nitrogens is 3. The van der Waals surface area contributed by atoms with Crippen LogP contribution in [0.3, 0.4) is 0 Å². The van der Waals surface area contributed by atoms with Crippen molar-refractivity contribution in [3.05, 3.63) is 176 Å². The molecule has 57 heavy (non-hydrogen) atoms.